The normalized spacial score (nSPS) is 26.8. The van der Waals surface area contributed by atoms with Crippen LogP contribution >= 0.6 is 46.4 Å². The van der Waals surface area contributed by atoms with E-state index in [-0.39, 0.29) is 12.0 Å². The molecule has 0 spiro atoms. The van der Waals surface area contributed by atoms with E-state index in [9.17, 15) is 0 Å². The topological polar surface area (TPSA) is 18.8 Å². The lowest BCUT2D eigenvalue weighted by Crippen LogP contribution is -2.49. The van der Waals surface area contributed by atoms with E-state index in [0.717, 1.165) is 35.4 Å². The highest BCUT2D eigenvalue weighted by atomic mass is 35.5. The summed E-state index contributed by atoms with van der Waals surface area (Å²) in [4.78, 5) is 2.50. The summed E-state index contributed by atoms with van der Waals surface area (Å²) in [6.07, 6.45) is 4.38. The Hall–Kier alpha value is -2.01. The number of halogens is 4. The zero-order valence-electron chi connectivity index (χ0n) is 19.0. The highest BCUT2D eigenvalue weighted by molar-refractivity contribution is 6.36. The van der Waals surface area contributed by atoms with Gasteiger partial charge in [0, 0.05) is 38.1 Å². The van der Waals surface area contributed by atoms with E-state index < -0.39 is 0 Å². The highest BCUT2D eigenvalue weighted by Gasteiger charge is 2.54. The molecule has 35 heavy (non-hydrogen) atoms. The minimum Gasteiger partial charge on any atom is -0.296 e. The third-order valence-electron chi connectivity index (χ3n) is 7.53. The monoisotopic (exact) mass is 541 g/mol. The second-order valence-corrected chi connectivity index (χ2v) is 11.1. The van der Waals surface area contributed by atoms with E-state index in [1.165, 1.54) is 5.57 Å². The zero-order valence-corrected chi connectivity index (χ0v) is 22.0. The molecule has 6 rings (SSSR count). The molecule has 2 saturated heterocycles. The van der Waals surface area contributed by atoms with E-state index in [4.69, 9.17) is 51.5 Å². The Balaban J connectivity index is 1.55. The van der Waals surface area contributed by atoms with Crippen LogP contribution in [0.25, 0.3) is 6.08 Å². The molecular weight excluding hydrogens is 520 g/mol. The van der Waals surface area contributed by atoms with Crippen molar-refractivity contribution in [2.75, 3.05) is 12.1 Å². The second-order valence-electron chi connectivity index (χ2n) is 9.39. The maximum Gasteiger partial charge on any atom is 0.0889 e. The Morgan fingerprint density at radius 1 is 0.857 bits per heavy atom. The van der Waals surface area contributed by atoms with Gasteiger partial charge in [0.2, 0.25) is 0 Å². The Morgan fingerprint density at radius 3 is 2.29 bits per heavy atom. The largest absolute Gasteiger partial charge is 0.296 e. The van der Waals surface area contributed by atoms with Crippen molar-refractivity contribution in [3.8, 4) is 0 Å². The first-order chi connectivity index (χ1) is 16.9. The van der Waals surface area contributed by atoms with Gasteiger partial charge in [0.25, 0.3) is 0 Å². The number of nitrogens with zero attached hydrogens (tertiary/aromatic N) is 3. The van der Waals surface area contributed by atoms with Gasteiger partial charge in [0.05, 0.1) is 17.4 Å². The molecule has 0 saturated carbocycles. The lowest BCUT2D eigenvalue weighted by atomic mass is 9.78. The van der Waals surface area contributed by atoms with Gasteiger partial charge in [0.15, 0.2) is 0 Å². The fraction of sp³-hybridized carbons (Fsp3) is 0.250. The molecule has 178 valence electrons. The van der Waals surface area contributed by atoms with Gasteiger partial charge in [-0.25, -0.2) is 0 Å². The molecule has 0 aliphatic carbocycles. The molecule has 3 nitrogen and oxygen atoms in total. The molecule has 3 aromatic carbocycles. The summed E-state index contributed by atoms with van der Waals surface area (Å²) in [5.41, 5.74) is 5.34. The molecule has 2 bridgehead atoms. The lowest BCUT2D eigenvalue weighted by molar-refractivity contribution is 0.205. The van der Waals surface area contributed by atoms with Crippen LogP contribution in [0.3, 0.4) is 0 Å². The predicted molar refractivity (Wildman–Crippen MR) is 148 cm³/mol. The Kier molecular flexibility index (Phi) is 6.11. The summed E-state index contributed by atoms with van der Waals surface area (Å²) in [6.45, 7) is 0. The first-order valence-electron chi connectivity index (χ1n) is 11.7. The van der Waals surface area contributed by atoms with Crippen LogP contribution in [-0.4, -0.2) is 29.7 Å². The number of benzene rings is 3. The maximum absolute atomic E-state index is 6.81. The summed E-state index contributed by atoms with van der Waals surface area (Å²) in [7, 11) is 2.22. The lowest BCUT2D eigenvalue weighted by Gasteiger charge is -2.41. The number of likely N-dealkylation sites (N-methyl/N-ethyl adjacent to an activating group) is 1. The van der Waals surface area contributed by atoms with Gasteiger partial charge in [-0.2, -0.15) is 5.10 Å². The molecule has 1 unspecified atom stereocenters. The average Bonchev–Trinajstić information content (AvgIpc) is 3.36. The van der Waals surface area contributed by atoms with Gasteiger partial charge >= 0.3 is 0 Å². The Morgan fingerprint density at radius 2 is 1.57 bits per heavy atom. The number of rotatable bonds is 3. The van der Waals surface area contributed by atoms with Crippen LogP contribution in [0.2, 0.25) is 20.1 Å². The SMILES string of the molecule is CN1C2CC[C@@H]1/C(=C\c1ccc(Cl)cc1Cl)C1=NN(c3ccccc3)[C@@H](c3ccc(Cl)cc3Cl)[C@@H]12. The highest BCUT2D eigenvalue weighted by Crippen LogP contribution is 2.52. The van der Waals surface area contributed by atoms with Gasteiger partial charge in [-0.15, -0.1) is 0 Å². The van der Waals surface area contributed by atoms with Gasteiger partial charge in [0.1, 0.15) is 0 Å². The Bertz CT molecular complexity index is 1350. The van der Waals surface area contributed by atoms with Crippen LogP contribution in [0.4, 0.5) is 5.69 Å². The molecule has 2 fully saturated rings. The standard InChI is InChI=1S/C28H23Cl4N3/c1-34-24-11-12-25(34)26-27(21(24)13-16-7-8-17(29)14-22(16)31)33-35(19-5-3-2-4-6-19)28(26)20-10-9-18(30)15-23(20)32/h2-10,13-15,24-26,28H,11-12H2,1H3/b21-13+/t24-,25?,26-,28+/m1/s1. The number of para-hydroxylation sites is 1. The summed E-state index contributed by atoms with van der Waals surface area (Å²) >= 11 is 25.8. The molecular formula is C28H23Cl4N3. The van der Waals surface area contributed by atoms with Crippen LogP contribution < -0.4 is 5.01 Å². The third-order valence-corrected chi connectivity index (χ3v) is 8.65. The van der Waals surface area contributed by atoms with Crippen LogP contribution in [0, 0.1) is 5.92 Å². The molecule has 0 aromatic heterocycles. The number of hydrogen-bond acceptors (Lipinski definition) is 3. The van der Waals surface area contributed by atoms with Crippen molar-refractivity contribution in [3.05, 3.63) is 104 Å². The van der Waals surface area contributed by atoms with Crippen LogP contribution in [0.15, 0.2) is 77.4 Å². The average molecular weight is 543 g/mol. The van der Waals surface area contributed by atoms with E-state index >= 15 is 0 Å². The van der Waals surface area contributed by atoms with Gasteiger partial charge in [-0.05, 0) is 79.1 Å². The smallest absolute Gasteiger partial charge is 0.0889 e. The molecule has 0 radical (unpaired) electrons. The van der Waals surface area contributed by atoms with Gasteiger partial charge in [-0.3, -0.25) is 9.91 Å². The summed E-state index contributed by atoms with van der Waals surface area (Å²) in [5, 5.41) is 9.99. The maximum atomic E-state index is 6.81. The van der Waals surface area contributed by atoms with Crippen LogP contribution in [-0.2, 0) is 0 Å². The van der Waals surface area contributed by atoms with Crippen LogP contribution in [0.5, 0.6) is 0 Å². The number of hydrogen-bond donors (Lipinski definition) is 0. The number of fused-ring (bicyclic) bond motifs is 4. The first-order valence-corrected chi connectivity index (χ1v) is 13.2. The minimum absolute atomic E-state index is 0.0484. The van der Waals surface area contributed by atoms with E-state index in [1.54, 1.807) is 6.07 Å². The fourth-order valence-electron chi connectivity index (χ4n) is 5.96. The molecule has 4 atom stereocenters. The summed E-state index contributed by atoms with van der Waals surface area (Å²) < 4.78 is 0. The van der Waals surface area contributed by atoms with Crippen molar-refractivity contribution >= 4 is 63.9 Å². The van der Waals surface area contributed by atoms with Crippen LogP contribution in [0.1, 0.15) is 30.0 Å². The van der Waals surface area contributed by atoms with Crippen molar-refractivity contribution in [3.63, 3.8) is 0 Å². The number of piperidine rings is 1. The molecule has 3 aliphatic rings. The quantitative estimate of drug-likeness (QED) is 0.331. The molecule has 3 heterocycles. The third kappa shape index (κ3) is 3.98. The van der Waals surface area contributed by atoms with Crippen molar-refractivity contribution in [1.82, 2.24) is 4.90 Å². The second kappa shape index (κ2) is 9.14. The number of hydrazone groups is 1. The molecule has 3 aromatic rings. The first kappa shape index (κ1) is 23.4. The molecule has 0 amide bonds. The van der Waals surface area contributed by atoms with Crippen molar-refractivity contribution in [1.29, 1.82) is 0 Å². The van der Waals surface area contributed by atoms with Crippen molar-refractivity contribution in [2.24, 2.45) is 11.0 Å². The van der Waals surface area contributed by atoms with Gasteiger partial charge < -0.3 is 0 Å². The van der Waals surface area contributed by atoms with Crippen molar-refractivity contribution in [2.45, 2.75) is 31.0 Å². The minimum atomic E-state index is -0.0484. The summed E-state index contributed by atoms with van der Waals surface area (Å²) in [6, 6.07) is 22.3. The zero-order chi connectivity index (χ0) is 24.3. The van der Waals surface area contributed by atoms with Crippen molar-refractivity contribution < 1.29 is 0 Å². The molecule has 7 heteroatoms. The van der Waals surface area contributed by atoms with E-state index in [2.05, 4.69) is 35.2 Å². The Labute approximate surface area is 225 Å². The fourth-order valence-corrected chi connectivity index (χ4v) is 6.94. The molecule has 0 N–H and O–H groups in total. The van der Waals surface area contributed by atoms with E-state index in [1.807, 2.05) is 48.5 Å². The predicted octanol–water partition coefficient (Wildman–Crippen LogP) is 8.39. The summed E-state index contributed by atoms with van der Waals surface area (Å²) in [5.74, 6) is 0.148. The van der Waals surface area contributed by atoms with E-state index in [0.29, 0.717) is 32.2 Å². The molecule has 3 aliphatic heterocycles. The van der Waals surface area contributed by atoms with Gasteiger partial charge in [-0.1, -0.05) is 76.7 Å². The number of anilines is 1.